The van der Waals surface area contributed by atoms with Crippen molar-refractivity contribution in [3.05, 3.63) is 53.6 Å². The van der Waals surface area contributed by atoms with Crippen LogP contribution in [0.5, 0.6) is 5.75 Å². The molecule has 0 unspecified atom stereocenters. The zero-order valence-corrected chi connectivity index (χ0v) is 11.7. The molecule has 0 fully saturated rings. The van der Waals surface area contributed by atoms with Crippen molar-refractivity contribution in [3.8, 4) is 5.75 Å². The summed E-state index contributed by atoms with van der Waals surface area (Å²) in [5.74, 6) is -0.957. The fourth-order valence-corrected chi connectivity index (χ4v) is 1.87. The van der Waals surface area contributed by atoms with Crippen molar-refractivity contribution in [2.75, 3.05) is 17.7 Å². The van der Waals surface area contributed by atoms with Gasteiger partial charge >= 0.3 is 6.03 Å². The number of ether oxygens (including phenoxy) is 1. The van der Waals surface area contributed by atoms with Crippen molar-refractivity contribution in [1.82, 2.24) is 0 Å². The van der Waals surface area contributed by atoms with Crippen LogP contribution in [0.1, 0.15) is 5.56 Å². The number of anilines is 2. The van der Waals surface area contributed by atoms with E-state index in [0.717, 1.165) is 6.07 Å². The third kappa shape index (κ3) is 3.70. The molecule has 7 heteroatoms. The van der Waals surface area contributed by atoms with Gasteiger partial charge in [-0.1, -0.05) is 6.07 Å². The maximum Gasteiger partial charge on any atom is 0.323 e. The van der Waals surface area contributed by atoms with Gasteiger partial charge in [0.05, 0.1) is 19.4 Å². The Morgan fingerprint density at radius 1 is 1.23 bits per heavy atom. The number of aliphatic hydroxyl groups is 1. The molecule has 22 heavy (non-hydrogen) atoms. The highest BCUT2D eigenvalue weighted by atomic mass is 19.1. The lowest BCUT2D eigenvalue weighted by atomic mass is 10.2. The van der Waals surface area contributed by atoms with Crippen molar-refractivity contribution in [1.29, 1.82) is 0 Å². The van der Waals surface area contributed by atoms with Gasteiger partial charge in [0, 0.05) is 23.4 Å². The molecule has 0 bridgehead atoms. The monoisotopic (exact) mass is 308 g/mol. The van der Waals surface area contributed by atoms with E-state index in [2.05, 4.69) is 10.6 Å². The second kappa shape index (κ2) is 6.86. The van der Waals surface area contributed by atoms with Crippen LogP contribution in [0.4, 0.5) is 25.0 Å². The van der Waals surface area contributed by atoms with E-state index in [9.17, 15) is 13.6 Å². The minimum atomic E-state index is -0.701. The zero-order valence-electron chi connectivity index (χ0n) is 11.7. The summed E-state index contributed by atoms with van der Waals surface area (Å²) < 4.78 is 31.7. The van der Waals surface area contributed by atoms with Crippen molar-refractivity contribution in [2.45, 2.75) is 6.61 Å². The van der Waals surface area contributed by atoms with Gasteiger partial charge in [0.1, 0.15) is 17.4 Å². The first-order chi connectivity index (χ1) is 10.5. The molecule has 2 amide bonds. The first-order valence-electron chi connectivity index (χ1n) is 6.34. The summed E-state index contributed by atoms with van der Waals surface area (Å²) in [4.78, 5) is 11.9. The Labute approximate surface area is 125 Å². The maximum atomic E-state index is 13.5. The van der Waals surface area contributed by atoms with Gasteiger partial charge in [-0.15, -0.1) is 0 Å². The lowest BCUT2D eigenvalue weighted by Crippen LogP contribution is -2.20. The van der Waals surface area contributed by atoms with Crippen LogP contribution in [0.2, 0.25) is 0 Å². The minimum Gasteiger partial charge on any atom is -0.497 e. The van der Waals surface area contributed by atoms with Crippen LogP contribution < -0.4 is 15.4 Å². The topological polar surface area (TPSA) is 70.6 Å². The molecule has 0 aliphatic rings. The second-order valence-corrected chi connectivity index (χ2v) is 4.38. The van der Waals surface area contributed by atoms with Gasteiger partial charge in [0.2, 0.25) is 0 Å². The van der Waals surface area contributed by atoms with E-state index in [1.54, 1.807) is 0 Å². The van der Waals surface area contributed by atoms with E-state index >= 15 is 0 Å². The molecule has 3 N–H and O–H groups in total. The lowest BCUT2D eigenvalue weighted by Gasteiger charge is -2.12. The molecule has 0 atom stereocenters. The minimum absolute atomic E-state index is 0.0329. The van der Waals surface area contributed by atoms with Gasteiger partial charge < -0.3 is 20.5 Å². The maximum absolute atomic E-state index is 13.5. The number of benzene rings is 2. The quantitative estimate of drug-likeness (QED) is 0.813. The molecule has 0 aliphatic carbocycles. The van der Waals surface area contributed by atoms with Crippen molar-refractivity contribution < 1.29 is 23.4 Å². The molecular weight excluding hydrogens is 294 g/mol. The van der Waals surface area contributed by atoms with Gasteiger partial charge in [0.25, 0.3) is 0 Å². The molecule has 0 aromatic heterocycles. The molecule has 116 valence electrons. The summed E-state index contributed by atoms with van der Waals surface area (Å²) in [5, 5.41) is 13.9. The van der Waals surface area contributed by atoms with E-state index in [1.165, 1.54) is 37.4 Å². The first kappa shape index (κ1) is 15.7. The molecule has 0 heterocycles. The number of carbonyl (C=O) groups excluding carboxylic acids is 1. The smallest absolute Gasteiger partial charge is 0.323 e. The summed E-state index contributed by atoms with van der Waals surface area (Å²) in [5.41, 5.74) is 0.272. The molecular formula is C15H14F2N2O3. The zero-order chi connectivity index (χ0) is 16.1. The Morgan fingerprint density at radius 2 is 2.00 bits per heavy atom. The molecule has 2 aromatic carbocycles. The Bertz CT molecular complexity index is 692. The molecule has 5 nitrogen and oxygen atoms in total. The summed E-state index contributed by atoms with van der Waals surface area (Å²) in [7, 11) is 1.37. The van der Waals surface area contributed by atoms with E-state index < -0.39 is 24.3 Å². The van der Waals surface area contributed by atoms with Crippen molar-refractivity contribution in [2.24, 2.45) is 0 Å². The summed E-state index contributed by atoms with van der Waals surface area (Å²) >= 11 is 0. The Kier molecular flexibility index (Phi) is 4.90. The highest BCUT2D eigenvalue weighted by Crippen LogP contribution is 2.21. The molecule has 2 rings (SSSR count). The van der Waals surface area contributed by atoms with E-state index in [1.807, 2.05) is 0 Å². The van der Waals surface area contributed by atoms with Gasteiger partial charge in [-0.25, -0.2) is 13.6 Å². The number of aliphatic hydroxyl groups excluding tert-OH is 1. The number of amides is 2. The molecule has 2 aromatic rings. The standard InChI is InChI=1S/C15H14F2N2O3/c1-22-11-6-9(16)5-10(7-11)18-15(21)19-14-4-2-3-13(17)12(14)8-20/h2-7,20H,8H2,1H3,(H2,18,19,21). The van der Waals surface area contributed by atoms with Crippen molar-refractivity contribution >= 4 is 17.4 Å². The van der Waals surface area contributed by atoms with Crippen LogP contribution in [0.25, 0.3) is 0 Å². The molecule has 0 spiro atoms. The number of halogens is 2. The molecule has 0 radical (unpaired) electrons. The number of urea groups is 1. The number of hydrogen-bond donors (Lipinski definition) is 3. The Balaban J connectivity index is 2.14. The highest BCUT2D eigenvalue weighted by Gasteiger charge is 2.11. The van der Waals surface area contributed by atoms with Crippen LogP contribution in [0, 0.1) is 11.6 Å². The predicted octanol–water partition coefficient (Wildman–Crippen LogP) is 3.11. The summed E-state index contributed by atoms with van der Waals surface area (Å²) in [6.45, 7) is -0.559. The molecule has 0 saturated heterocycles. The third-order valence-corrected chi connectivity index (χ3v) is 2.89. The Hall–Kier alpha value is -2.67. The highest BCUT2D eigenvalue weighted by molar-refractivity contribution is 6.00. The second-order valence-electron chi connectivity index (χ2n) is 4.38. The summed E-state index contributed by atoms with van der Waals surface area (Å²) in [6, 6.07) is 7.02. The lowest BCUT2D eigenvalue weighted by molar-refractivity contribution is 0.261. The molecule has 0 aliphatic heterocycles. The average molecular weight is 308 g/mol. The molecule has 0 saturated carbocycles. The van der Waals surface area contributed by atoms with Crippen LogP contribution in [0.3, 0.4) is 0 Å². The number of nitrogens with one attached hydrogen (secondary N) is 2. The fourth-order valence-electron chi connectivity index (χ4n) is 1.87. The number of hydrogen-bond acceptors (Lipinski definition) is 3. The van der Waals surface area contributed by atoms with E-state index in [4.69, 9.17) is 9.84 Å². The Morgan fingerprint density at radius 3 is 2.68 bits per heavy atom. The largest absolute Gasteiger partial charge is 0.497 e. The van der Waals surface area contributed by atoms with Gasteiger partial charge in [-0.05, 0) is 18.2 Å². The fraction of sp³-hybridized carbons (Fsp3) is 0.133. The number of methoxy groups -OCH3 is 1. The predicted molar refractivity (Wildman–Crippen MR) is 77.9 cm³/mol. The SMILES string of the molecule is COc1cc(F)cc(NC(=O)Nc2cccc(F)c2CO)c1. The normalized spacial score (nSPS) is 10.2. The third-order valence-electron chi connectivity index (χ3n) is 2.89. The number of carbonyl (C=O) groups is 1. The summed E-state index contributed by atoms with van der Waals surface area (Å²) in [6.07, 6.45) is 0. The average Bonchev–Trinajstić information content (AvgIpc) is 2.46. The van der Waals surface area contributed by atoms with Gasteiger partial charge in [-0.3, -0.25) is 0 Å². The van der Waals surface area contributed by atoms with Crippen LogP contribution in [0.15, 0.2) is 36.4 Å². The van der Waals surface area contributed by atoms with Gasteiger partial charge in [-0.2, -0.15) is 0 Å². The van der Waals surface area contributed by atoms with Gasteiger partial charge in [0.15, 0.2) is 0 Å². The van der Waals surface area contributed by atoms with Crippen molar-refractivity contribution in [3.63, 3.8) is 0 Å². The number of rotatable bonds is 4. The van der Waals surface area contributed by atoms with Crippen LogP contribution in [-0.2, 0) is 6.61 Å². The first-order valence-corrected chi connectivity index (χ1v) is 6.34. The van der Waals surface area contributed by atoms with Crippen LogP contribution in [-0.4, -0.2) is 18.2 Å². The van der Waals surface area contributed by atoms with E-state index in [-0.39, 0.29) is 22.7 Å². The van der Waals surface area contributed by atoms with E-state index in [0.29, 0.717) is 0 Å². The van der Waals surface area contributed by atoms with Crippen LogP contribution >= 0.6 is 0 Å².